The van der Waals surface area contributed by atoms with Gasteiger partial charge in [0.25, 0.3) is 10.0 Å². The number of nitrogens with zero attached hydrogens (tertiary/aromatic N) is 1. The lowest BCUT2D eigenvalue weighted by Gasteiger charge is -2.11. The number of thiophene rings is 1. The summed E-state index contributed by atoms with van der Waals surface area (Å²) in [5.41, 5.74) is 3.47. The summed E-state index contributed by atoms with van der Waals surface area (Å²) in [7, 11) is -3.63. The predicted octanol–water partition coefficient (Wildman–Crippen LogP) is 4.91. The average Bonchev–Trinajstić information content (AvgIpc) is 3.09. The van der Waals surface area contributed by atoms with E-state index in [-0.39, 0.29) is 0 Å². The second-order valence-electron chi connectivity index (χ2n) is 5.75. The second-order valence-corrected chi connectivity index (χ2v) is 9.51. The number of benzene rings is 1. The maximum atomic E-state index is 12.8. The molecule has 4 nitrogen and oxygen atoms in total. The van der Waals surface area contributed by atoms with Crippen LogP contribution in [-0.2, 0) is 10.0 Å². The zero-order chi connectivity index (χ0) is 17.5. The van der Waals surface area contributed by atoms with Crippen molar-refractivity contribution >= 4 is 38.4 Å². The van der Waals surface area contributed by atoms with Crippen LogP contribution in [0.3, 0.4) is 0 Å². The van der Waals surface area contributed by atoms with Crippen molar-refractivity contribution in [3.63, 3.8) is 0 Å². The number of hydrogen-bond acceptors (Lipinski definition) is 5. The fourth-order valence-corrected chi connectivity index (χ4v) is 5.92. The molecular formula is C17H18N2O2S3. The van der Waals surface area contributed by atoms with E-state index in [4.69, 9.17) is 0 Å². The monoisotopic (exact) mass is 378 g/mol. The highest BCUT2D eigenvalue weighted by atomic mass is 32.2. The average molecular weight is 379 g/mol. The van der Waals surface area contributed by atoms with Crippen molar-refractivity contribution < 1.29 is 8.42 Å². The van der Waals surface area contributed by atoms with Crippen LogP contribution in [0.25, 0.3) is 9.88 Å². The number of nitrogens with one attached hydrogen (secondary N) is 1. The number of aryl methyl sites for hydroxylation is 4. The normalized spacial score (nSPS) is 11.7. The summed E-state index contributed by atoms with van der Waals surface area (Å²) in [5.74, 6) is 0. The van der Waals surface area contributed by atoms with Gasteiger partial charge in [-0.2, -0.15) is 0 Å². The molecule has 3 aromatic rings. The highest BCUT2D eigenvalue weighted by molar-refractivity contribution is 7.93. The van der Waals surface area contributed by atoms with Crippen LogP contribution >= 0.6 is 22.7 Å². The van der Waals surface area contributed by atoms with Crippen molar-refractivity contribution in [1.29, 1.82) is 0 Å². The molecular weight excluding hydrogens is 360 g/mol. The summed E-state index contributed by atoms with van der Waals surface area (Å²) >= 11 is 2.98. The van der Waals surface area contributed by atoms with Crippen molar-refractivity contribution in [1.82, 2.24) is 4.98 Å². The van der Waals surface area contributed by atoms with E-state index in [1.165, 1.54) is 22.7 Å². The van der Waals surface area contributed by atoms with Gasteiger partial charge >= 0.3 is 0 Å². The predicted molar refractivity (Wildman–Crippen MR) is 102 cm³/mol. The molecule has 1 N–H and O–H groups in total. The van der Waals surface area contributed by atoms with Crippen molar-refractivity contribution in [3.8, 4) is 9.88 Å². The Kier molecular flexibility index (Phi) is 4.50. The number of hydrogen-bond donors (Lipinski definition) is 1. The minimum atomic E-state index is -3.63. The summed E-state index contributed by atoms with van der Waals surface area (Å²) < 4.78 is 28.3. The van der Waals surface area contributed by atoms with E-state index in [1.807, 2.05) is 51.3 Å². The van der Waals surface area contributed by atoms with Crippen molar-refractivity contribution in [2.75, 3.05) is 4.72 Å². The van der Waals surface area contributed by atoms with Crippen LogP contribution in [0.2, 0.25) is 0 Å². The van der Waals surface area contributed by atoms with Crippen molar-refractivity contribution in [3.05, 3.63) is 51.3 Å². The molecule has 2 heterocycles. The Hall–Kier alpha value is -1.70. The quantitative estimate of drug-likeness (QED) is 0.702. The fourth-order valence-electron chi connectivity index (χ4n) is 2.35. The molecule has 0 saturated heterocycles. The highest BCUT2D eigenvalue weighted by Gasteiger charge is 2.22. The Balaban J connectivity index is 1.98. The van der Waals surface area contributed by atoms with Crippen LogP contribution in [-0.4, -0.2) is 13.4 Å². The van der Waals surface area contributed by atoms with Crippen molar-refractivity contribution in [2.45, 2.75) is 32.6 Å². The molecule has 1 aromatic carbocycles. The first-order valence-electron chi connectivity index (χ1n) is 7.39. The van der Waals surface area contributed by atoms with Gasteiger partial charge in [0.05, 0.1) is 10.6 Å². The summed E-state index contributed by atoms with van der Waals surface area (Å²) in [6.07, 6.45) is 0. The number of rotatable bonds is 4. The second kappa shape index (κ2) is 6.31. The van der Waals surface area contributed by atoms with Crippen LogP contribution in [0.5, 0.6) is 0 Å². The molecule has 3 rings (SSSR count). The van der Waals surface area contributed by atoms with Crippen LogP contribution in [0.15, 0.2) is 34.5 Å². The van der Waals surface area contributed by atoms with Gasteiger partial charge in [-0.1, -0.05) is 12.1 Å². The third-order valence-corrected chi connectivity index (χ3v) is 7.43. The SMILES string of the molecule is Cc1ccc(C)c(NS(=O)(=O)c2cc(-c3nc(C)cs3)sc2C)c1. The molecule has 0 bridgehead atoms. The molecule has 0 atom stereocenters. The lowest BCUT2D eigenvalue weighted by atomic mass is 10.1. The van der Waals surface area contributed by atoms with Gasteiger partial charge in [-0.15, -0.1) is 22.7 Å². The minimum Gasteiger partial charge on any atom is -0.279 e. The van der Waals surface area contributed by atoms with Gasteiger partial charge in [0.2, 0.25) is 0 Å². The molecule has 0 radical (unpaired) electrons. The van der Waals surface area contributed by atoms with Gasteiger partial charge in [-0.25, -0.2) is 13.4 Å². The molecule has 0 spiro atoms. The highest BCUT2D eigenvalue weighted by Crippen LogP contribution is 2.36. The van der Waals surface area contributed by atoms with Gasteiger partial charge in [0.15, 0.2) is 0 Å². The van der Waals surface area contributed by atoms with Gasteiger partial charge in [0.1, 0.15) is 9.90 Å². The maximum Gasteiger partial charge on any atom is 0.263 e. The Bertz CT molecular complexity index is 1000. The molecule has 7 heteroatoms. The number of sulfonamides is 1. The molecule has 0 aliphatic carbocycles. The van der Waals surface area contributed by atoms with Gasteiger partial charge in [-0.05, 0) is 51.0 Å². The molecule has 0 fully saturated rings. The summed E-state index contributed by atoms with van der Waals surface area (Å²) in [6, 6.07) is 7.44. The van der Waals surface area contributed by atoms with E-state index in [9.17, 15) is 8.42 Å². The van der Waals surface area contributed by atoms with Crippen LogP contribution < -0.4 is 4.72 Å². The molecule has 126 valence electrons. The number of anilines is 1. The van der Waals surface area contributed by atoms with Crippen LogP contribution in [0.4, 0.5) is 5.69 Å². The van der Waals surface area contributed by atoms with Gasteiger partial charge < -0.3 is 0 Å². The molecule has 0 unspecified atom stereocenters. The molecule has 0 aliphatic rings. The molecule has 24 heavy (non-hydrogen) atoms. The Labute approximate surface area is 150 Å². The topological polar surface area (TPSA) is 59.1 Å². The summed E-state index contributed by atoms with van der Waals surface area (Å²) in [4.78, 5) is 6.40. The lowest BCUT2D eigenvalue weighted by Crippen LogP contribution is -2.14. The lowest BCUT2D eigenvalue weighted by molar-refractivity contribution is 0.601. The summed E-state index contributed by atoms with van der Waals surface area (Å²) in [5, 5.41) is 2.82. The Morgan fingerprint density at radius 3 is 2.50 bits per heavy atom. The molecule has 0 saturated carbocycles. The maximum absolute atomic E-state index is 12.8. The van der Waals surface area contributed by atoms with E-state index in [1.54, 1.807) is 6.07 Å². The van der Waals surface area contributed by atoms with E-state index in [0.29, 0.717) is 10.6 Å². The minimum absolute atomic E-state index is 0.316. The number of aromatic nitrogens is 1. The Morgan fingerprint density at radius 2 is 1.83 bits per heavy atom. The Morgan fingerprint density at radius 1 is 1.08 bits per heavy atom. The first kappa shape index (κ1) is 17.1. The smallest absolute Gasteiger partial charge is 0.263 e. The van der Waals surface area contributed by atoms with E-state index in [2.05, 4.69) is 9.71 Å². The van der Waals surface area contributed by atoms with E-state index in [0.717, 1.165) is 31.6 Å². The zero-order valence-electron chi connectivity index (χ0n) is 13.9. The number of thiazole rings is 1. The van der Waals surface area contributed by atoms with E-state index < -0.39 is 10.0 Å². The first-order valence-corrected chi connectivity index (χ1v) is 10.6. The molecule has 2 aromatic heterocycles. The van der Waals surface area contributed by atoms with Gasteiger partial charge in [-0.3, -0.25) is 4.72 Å². The zero-order valence-corrected chi connectivity index (χ0v) is 16.3. The van der Waals surface area contributed by atoms with Crippen LogP contribution in [0.1, 0.15) is 21.7 Å². The third-order valence-electron chi connectivity index (χ3n) is 3.63. The summed E-state index contributed by atoms with van der Waals surface area (Å²) in [6.45, 7) is 7.59. The molecule has 0 aliphatic heterocycles. The standard InChI is InChI=1S/C17H18N2O2S3/c1-10-5-6-11(2)14(7-10)19-24(20,21)16-8-15(23-13(16)4)17-18-12(3)9-22-17/h5-9,19H,1-4H3. The fraction of sp³-hybridized carbons (Fsp3) is 0.235. The van der Waals surface area contributed by atoms with Crippen molar-refractivity contribution in [2.24, 2.45) is 0 Å². The van der Waals surface area contributed by atoms with Crippen LogP contribution in [0, 0.1) is 27.7 Å². The third kappa shape index (κ3) is 3.38. The largest absolute Gasteiger partial charge is 0.279 e. The first-order chi connectivity index (χ1) is 11.3. The van der Waals surface area contributed by atoms with E-state index >= 15 is 0 Å². The molecule has 0 amide bonds. The van der Waals surface area contributed by atoms with Gasteiger partial charge in [0, 0.05) is 16.0 Å².